The lowest BCUT2D eigenvalue weighted by atomic mass is 9.95. The van der Waals surface area contributed by atoms with E-state index >= 15 is 0 Å². The molecule has 1 rings (SSSR count). The van der Waals surface area contributed by atoms with Crippen molar-refractivity contribution in [2.45, 2.75) is 18.9 Å². The number of nitrogens with two attached hydrogens (primary N) is 1. The van der Waals surface area contributed by atoms with Crippen molar-refractivity contribution in [2.24, 2.45) is 5.73 Å². The van der Waals surface area contributed by atoms with E-state index in [2.05, 4.69) is 0 Å². The van der Waals surface area contributed by atoms with Crippen molar-refractivity contribution in [3.63, 3.8) is 0 Å². The Balaban J connectivity index is 2.72. The molecule has 1 aliphatic rings. The molecule has 0 aromatic carbocycles. The topological polar surface area (TPSA) is 43.1 Å². The van der Waals surface area contributed by atoms with E-state index in [0.717, 1.165) is 11.7 Å². The molecule has 10 heavy (non-hydrogen) atoms. The Kier molecular flexibility index (Phi) is 2.02. The maximum atomic E-state index is 10.4. The molecule has 2 unspecified atom stereocenters. The average Bonchev–Trinajstić information content (AvgIpc) is 1.88. The Morgan fingerprint density at radius 3 is 2.90 bits per heavy atom. The highest BCUT2D eigenvalue weighted by Gasteiger charge is 2.18. The van der Waals surface area contributed by atoms with Crippen LogP contribution in [0, 0.1) is 0 Å². The monoisotopic (exact) mass is 156 g/mol. The van der Waals surface area contributed by atoms with Gasteiger partial charge in [-0.1, -0.05) is 10.6 Å². The van der Waals surface area contributed by atoms with Crippen LogP contribution in [-0.2, 0) is 4.57 Å². The summed E-state index contributed by atoms with van der Waals surface area (Å²) in [5.41, 5.74) is 5.53. The van der Waals surface area contributed by atoms with Crippen LogP contribution in [0.25, 0.3) is 0 Å². The third-order valence-electron chi connectivity index (χ3n) is 1.52. The zero-order valence-corrected chi connectivity index (χ0v) is 6.92. The van der Waals surface area contributed by atoms with Gasteiger partial charge in [-0.05, 0) is 25.5 Å². The molecule has 0 aromatic rings. The summed E-state index contributed by atoms with van der Waals surface area (Å²) in [7, 11) is -0.348. The molecule has 1 aliphatic carbocycles. The van der Waals surface area contributed by atoms with Crippen LogP contribution in [0.4, 0.5) is 0 Å². The molecule has 0 amide bonds. The molecule has 0 aliphatic heterocycles. The van der Waals surface area contributed by atoms with Crippen LogP contribution < -0.4 is 5.73 Å². The molecule has 0 spiro atoms. The van der Waals surface area contributed by atoms with Gasteiger partial charge in [-0.25, -0.2) is 0 Å². The number of hydrogen-bond donors (Lipinski definition) is 1. The first-order valence-corrected chi connectivity index (χ1v) is 4.11. The van der Waals surface area contributed by atoms with Crippen molar-refractivity contribution in [3.05, 3.63) is 23.5 Å². The van der Waals surface area contributed by atoms with Crippen LogP contribution in [0.2, 0.25) is 0 Å². The van der Waals surface area contributed by atoms with E-state index in [1.54, 1.807) is 0 Å². The molecule has 2 N–H and O–H groups in total. The van der Waals surface area contributed by atoms with Gasteiger partial charge < -0.3 is 5.73 Å². The number of hydrogen-bond acceptors (Lipinski definition) is 2. The lowest BCUT2D eigenvalue weighted by molar-refractivity contribution is 0.585. The van der Waals surface area contributed by atoms with Gasteiger partial charge in [0.2, 0.25) is 0 Å². The van der Waals surface area contributed by atoms with Crippen LogP contribution >= 0.6 is 8.46 Å². The standard InChI is InChI=1S/C7H10NOP/c1-7(8)4-2-6(10-9)3-5-7/h2-4H,5,8H2,1H3/p+1. The van der Waals surface area contributed by atoms with Gasteiger partial charge in [0.05, 0.1) is 0 Å². The first-order chi connectivity index (χ1) is 4.64. The Morgan fingerprint density at radius 1 is 1.80 bits per heavy atom. The SMILES string of the molecule is CC1(N)C=CC([PH+]=O)=CC1. The minimum absolute atomic E-state index is 0.233. The zero-order chi connectivity index (χ0) is 7.61. The third kappa shape index (κ3) is 1.76. The van der Waals surface area contributed by atoms with Gasteiger partial charge in [-0.15, -0.1) is 0 Å². The number of allylic oxidation sites excluding steroid dienone is 2. The van der Waals surface area contributed by atoms with E-state index in [0.29, 0.717) is 0 Å². The predicted octanol–water partition coefficient (Wildman–Crippen LogP) is 1.57. The first-order valence-electron chi connectivity index (χ1n) is 3.20. The lowest BCUT2D eigenvalue weighted by Gasteiger charge is -2.19. The molecule has 3 heteroatoms. The predicted molar refractivity (Wildman–Crippen MR) is 43.4 cm³/mol. The first kappa shape index (κ1) is 7.64. The normalized spacial score (nSPS) is 32.4. The summed E-state index contributed by atoms with van der Waals surface area (Å²) < 4.78 is 10.4. The largest absolute Gasteiger partial charge is 0.362 e. The van der Waals surface area contributed by atoms with Crippen LogP contribution in [-0.4, -0.2) is 5.54 Å². The van der Waals surface area contributed by atoms with Gasteiger partial charge in [-0.3, -0.25) is 0 Å². The fraction of sp³-hybridized carbons (Fsp3) is 0.429. The minimum Gasteiger partial charge on any atom is -0.322 e. The molecule has 0 bridgehead atoms. The summed E-state index contributed by atoms with van der Waals surface area (Å²) in [5.74, 6) is 0. The molecular weight excluding hydrogens is 145 g/mol. The Hall–Kier alpha value is -0.460. The van der Waals surface area contributed by atoms with E-state index in [9.17, 15) is 4.57 Å². The maximum absolute atomic E-state index is 10.4. The Morgan fingerprint density at radius 2 is 2.50 bits per heavy atom. The molecule has 0 aromatic heterocycles. The van der Waals surface area contributed by atoms with Crippen LogP contribution in [0.3, 0.4) is 0 Å². The average molecular weight is 156 g/mol. The van der Waals surface area contributed by atoms with E-state index in [-0.39, 0.29) is 14.0 Å². The fourth-order valence-electron chi connectivity index (χ4n) is 0.822. The summed E-state index contributed by atoms with van der Waals surface area (Å²) in [6, 6.07) is 0. The molecule has 54 valence electrons. The second-order valence-corrected chi connectivity index (χ2v) is 3.59. The smallest absolute Gasteiger partial charge is 0.322 e. The third-order valence-corrected chi connectivity index (χ3v) is 2.13. The maximum Gasteiger partial charge on any atom is 0.362 e. The molecule has 0 heterocycles. The minimum atomic E-state index is -0.348. The van der Waals surface area contributed by atoms with Gasteiger partial charge in [-0.2, -0.15) is 0 Å². The van der Waals surface area contributed by atoms with E-state index in [4.69, 9.17) is 5.73 Å². The number of rotatable bonds is 1. The summed E-state index contributed by atoms with van der Waals surface area (Å²) in [5, 5.41) is 0.878. The molecule has 0 fully saturated rings. The van der Waals surface area contributed by atoms with Gasteiger partial charge in [0.15, 0.2) is 5.31 Å². The highest BCUT2D eigenvalue weighted by Crippen LogP contribution is 2.23. The van der Waals surface area contributed by atoms with Crippen LogP contribution in [0.15, 0.2) is 23.5 Å². The van der Waals surface area contributed by atoms with Crippen molar-refractivity contribution >= 4 is 8.46 Å². The van der Waals surface area contributed by atoms with Crippen molar-refractivity contribution in [1.82, 2.24) is 0 Å². The summed E-state index contributed by atoms with van der Waals surface area (Å²) in [6.07, 6.45) is 6.43. The summed E-state index contributed by atoms with van der Waals surface area (Å²) in [6.45, 7) is 1.95. The second kappa shape index (κ2) is 2.65. The van der Waals surface area contributed by atoms with Gasteiger partial charge in [0.1, 0.15) is 0 Å². The second-order valence-electron chi connectivity index (χ2n) is 2.80. The van der Waals surface area contributed by atoms with Crippen molar-refractivity contribution < 1.29 is 4.57 Å². The van der Waals surface area contributed by atoms with Crippen LogP contribution in [0.5, 0.6) is 0 Å². The quantitative estimate of drug-likeness (QED) is 0.585. The molecule has 0 saturated heterocycles. The van der Waals surface area contributed by atoms with E-state index in [1.807, 2.05) is 25.2 Å². The zero-order valence-electron chi connectivity index (χ0n) is 5.92. The van der Waals surface area contributed by atoms with Crippen LogP contribution in [0.1, 0.15) is 13.3 Å². The fourth-order valence-corrected chi connectivity index (χ4v) is 1.16. The van der Waals surface area contributed by atoms with Gasteiger partial charge in [0, 0.05) is 5.54 Å². The summed E-state index contributed by atoms with van der Waals surface area (Å²) in [4.78, 5) is 0. The van der Waals surface area contributed by atoms with Gasteiger partial charge >= 0.3 is 8.46 Å². The highest BCUT2D eigenvalue weighted by atomic mass is 31.1. The lowest BCUT2D eigenvalue weighted by Crippen LogP contribution is -2.33. The van der Waals surface area contributed by atoms with Crippen molar-refractivity contribution in [2.75, 3.05) is 0 Å². The Bertz CT molecular complexity index is 206. The highest BCUT2D eigenvalue weighted by molar-refractivity contribution is 7.29. The molecular formula is C7H11NOP+. The van der Waals surface area contributed by atoms with Gasteiger partial charge in [0.25, 0.3) is 0 Å². The molecule has 0 radical (unpaired) electrons. The molecule has 2 nitrogen and oxygen atoms in total. The van der Waals surface area contributed by atoms with Crippen molar-refractivity contribution in [3.8, 4) is 0 Å². The molecule has 0 saturated carbocycles. The Labute approximate surface area is 62.0 Å². The summed E-state index contributed by atoms with van der Waals surface area (Å²) >= 11 is 0. The van der Waals surface area contributed by atoms with Crippen molar-refractivity contribution in [1.29, 1.82) is 0 Å². The van der Waals surface area contributed by atoms with E-state index < -0.39 is 0 Å². The molecule has 2 atom stereocenters. The van der Waals surface area contributed by atoms with E-state index in [1.165, 1.54) is 0 Å².